The van der Waals surface area contributed by atoms with Crippen molar-refractivity contribution in [2.45, 2.75) is 20.8 Å². The number of aryl methyl sites for hydroxylation is 3. The van der Waals surface area contributed by atoms with Crippen LogP contribution in [0.15, 0.2) is 146 Å². The molecule has 2 aliphatic heterocycles. The third-order valence-electron chi connectivity index (χ3n) is 10.1. The Morgan fingerprint density at radius 2 is 0.833 bits per heavy atom. The molecule has 0 amide bonds. The summed E-state index contributed by atoms with van der Waals surface area (Å²) in [6.07, 6.45) is 0. The zero-order valence-electron chi connectivity index (χ0n) is 27.3. The standard InChI is InChI=1S/C45H33BO2/c1-28-13-7-10-18-34(28)32-21-23-41-39(25-32)46-40-26-33(35-19-11-8-14-29(35)2)22-24-42(40)48-45-38(36-20-12-9-15-30(36)3)27-37(44(47-41)43(45)46)31-16-5-4-6-17-31/h4-27H,1-3H3. The van der Waals surface area contributed by atoms with E-state index in [9.17, 15) is 0 Å². The van der Waals surface area contributed by atoms with Crippen LogP contribution in [0.1, 0.15) is 16.7 Å². The number of ether oxygens (including phenoxy) is 2. The van der Waals surface area contributed by atoms with E-state index in [-0.39, 0.29) is 6.71 Å². The molecule has 0 radical (unpaired) electrons. The molecule has 0 saturated heterocycles. The van der Waals surface area contributed by atoms with E-state index < -0.39 is 0 Å². The van der Waals surface area contributed by atoms with E-state index in [1.54, 1.807) is 0 Å². The second-order valence-electron chi connectivity index (χ2n) is 13.0. The monoisotopic (exact) mass is 616 g/mol. The zero-order valence-corrected chi connectivity index (χ0v) is 27.3. The Kier molecular flexibility index (Phi) is 6.62. The van der Waals surface area contributed by atoms with Crippen LogP contribution < -0.4 is 25.9 Å². The maximum Gasteiger partial charge on any atom is 0.260 e. The first kappa shape index (κ1) is 28.4. The normalized spacial score (nSPS) is 12.4. The minimum Gasteiger partial charge on any atom is -0.458 e. The average Bonchev–Trinajstić information content (AvgIpc) is 3.12. The van der Waals surface area contributed by atoms with Crippen LogP contribution in [0.3, 0.4) is 0 Å². The summed E-state index contributed by atoms with van der Waals surface area (Å²) in [5.41, 5.74) is 16.3. The quantitative estimate of drug-likeness (QED) is 0.183. The maximum atomic E-state index is 7.05. The summed E-state index contributed by atoms with van der Waals surface area (Å²) in [6, 6.07) is 52.0. The molecule has 7 aromatic carbocycles. The predicted molar refractivity (Wildman–Crippen MR) is 200 cm³/mol. The topological polar surface area (TPSA) is 18.5 Å². The fraction of sp³-hybridized carbons (Fsp3) is 0.0667. The molecule has 0 saturated carbocycles. The summed E-state index contributed by atoms with van der Waals surface area (Å²) >= 11 is 0. The third-order valence-corrected chi connectivity index (χ3v) is 10.1. The molecular formula is C45H33BO2. The Balaban J connectivity index is 1.37. The van der Waals surface area contributed by atoms with Crippen molar-refractivity contribution in [1.29, 1.82) is 0 Å². The van der Waals surface area contributed by atoms with Crippen molar-refractivity contribution in [3.8, 4) is 67.5 Å². The van der Waals surface area contributed by atoms with Gasteiger partial charge in [-0.25, -0.2) is 0 Å². The van der Waals surface area contributed by atoms with Crippen LogP contribution >= 0.6 is 0 Å². The molecule has 9 rings (SSSR count). The van der Waals surface area contributed by atoms with Crippen molar-refractivity contribution in [3.05, 3.63) is 162 Å². The van der Waals surface area contributed by atoms with Crippen molar-refractivity contribution >= 4 is 23.1 Å². The number of benzene rings is 7. The van der Waals surface area contributed by atoms with E-state index in [1.807, 2.05) is 0 Å². The van der Waals surface area contributed by atoms with Crippen LogP contribution in [0.2, 0.25) is 0 Å². The van der Waals surface area contributed by atoms with E-state index >= 15 is 0 Å². The molecule has 0 aliphatic carbocycles. The molecule has 2 nitrogen and oxygen atoms in total. The van der Waals surface area contributed by atoms with Gasteiger partial charge < -0.3 is 9.47 Å². The first-order valence-electron chi connectivity index (χ1n) is 16.6. The van der Waals surface area contributed by atoms with Gasteiger partial charge >= 0.3 is 0 Å². The second kappa shape index (κ2) is 11.2. The average molecular weight is 617 g/mol. The van der Waals surface area contributed by atoms with Crippen LogP contribution in [0, 0.1) is 20.8 Å². The number of hydrogen-bond donors (Lipinski definition) is 0. The Morgan fingerprint density at radius 3 is 1.35 bits per heavy atom. The molecule has 2 aliphatic rings. The minimum absolute atomic E-state index is 0.0955. The molecule has 0 atom stereocenters. The zero-order chi connectivity index (χ0) is 32.4. The molecule has 7 aromatic rings. The van der Waals surface area contributed by atoms with Crippen LogP contribution in [0.4, 0.5) is 0 Å². The number of hydrogen-bond acceptors (Lipinski definition) is 2. The molecular weight excluding hydrogens is 583 g/mol. The highest BCUT2D eigenvalue weighted by molar-refractivity contribution is 6.98. The second-order valence-corrected chi connectivity index (χ2v) is 13.0. The summed E-state index contributed by atoms with van der Waals surface area (Å²) in [7, 11) is 0. The Bertz CT molecular complexity index is 2330. The van der Waals surface area contributed by atoms with Gasteiger partial charge in [0.05, 0.1) is 0 Å². The summed E-state index contributed by atoms with van der Waals surface area (Å²) < 4.78 is 14.1. The lowest BCUT2D eigenvalue weighted by Crippen LogP contribution is -2.57. The summed E-state index contributed by atoms with van der Waals surface area (Å²) in [5.74, 6) is 3.49. The fourth-order valence-electron chi connectivity index (χ4n) is 7.62. The van der Waals surface area contributed by atoms with Crippen LogP contribution in [0.5, 0.6) is 23.0 Å². The van der Waals surface area contributed by atoms with Gasteiger partial charge in [0, 0.05) is 16.6 Å². The van der Waals surface area contributed by atoms with Gasteiger partial charge in [-0.15, -0.1) is 0 Å². The van der Waals surface area contributed by atoms with Gasteiger partial charge in [0.15, 0.2) is 0 Å². The first-order chi connectivity index (χ1) is 23.5. The molecule has 0 aromatic heterocycles. The molecule has 2 heterocycles. The lowest BCUT2D eigenvalue weighted by molar-refractivity contribution is 0.467. The molecule has 3 heteroatoms. The summed E-state index contributed by atoms with van der Waals surface area (Å²) in [6.45, 7) is 6.43. The van der Waals surface area contributed by atoms with Crippen molar-refractivity contribution in [1.82, 2.24) is 0 Å². The molecule has 0 bridgehead atoms. The van der Waals surface area contributed by atoms with Crippen molar-refractivity contribution in [2.24, 2.45) is 0 Å². The van der Waals surface area contributed by atoms with E-state index in [0.29, 0.717) is 0 Å². The van der Waals surface area contributed by atoms with Crippen LogP contribution in [0.25, 0.3) is 44.5 Å². The molecule has 0 fully saturated rings. The van der Waals surface area contributed by atoms with Crippen molar-refractivity contribution in [2.75, 3.05) is 0 Å². The van der Waals surface area contributed by atoms with Gasteiger partial charge in [-0.05, 0) is 100.0 Å². The minimum atomic E-state index is -0.0955. The highest BCUT2D eigenvalue weighted by Gasteiger charge is 2.43. The van der Waals surface area contributed by atoms with E-state index in [0.717, 1.165) is 61.6 Å². The molecule has 48 heavy (non-hydrogen) atoms. The first-order valence-corrected chi connectivity index (χ1v) is 16.6. The molecule has 0 unspecified atom stereocenters. The lowest BCUT2D eigenvalue weighted by atomic mass is 9.34. The number of fused-ring (bicyclic) bond motifs is 4. The van der Waals surface area contributed by atoms with Gasteiger partial charge in [-0.3, -0.25) is 0 Å². The molecule has 228 valence electrons. The summed E-state index contributed by atoms with van der Waals surface area (Å²) in [4.78, 5) is 0. The predicted octanol–water partition coefficient (Wildman–Crippen LogP) is 10.0. The van der Waals surface area contributed by atoms with Gasteiger partial charge in [0.2, 0.25) is 0 Å². The Labute approximate surface area is 282 Å². The van der Waals surface area contributed by atoms with E-state index in [4.69, 9.17) is 9.47 Å². The van der Waals surface area contributed by atoms with Gasteiger partial charge in [0.1, 0.15) is 23.0 Å². The van der Waals surface area contributed by atoms with Crippen molar-refractivity contribution in [3.63, 3.8) is 0 Å². The Hall–Kier alpha value is -5.80. The number of rotatable bonds is 4. The van der Waals surface area contributed by atoms with Crippen LogP contribution in [-0.2, 0) is 0 Å². The third kappa shape index (κ3) is 4.50. The lowest BCUT2D eigenvalue weighted by Gasteiger charge is -2.36. The van der Waals surface area contributed by atoms with Gasteiger partial charge in [-0.1, -0.05) is 127 Å². The largest absolute Gasteiger partial charge is 0.458 e. The SMILES string of the molecule is Cc1ccccc1-c1ccc2c(c1)B1c3cc(-c4ccccc4C)ccc3Oc3c(-c4ccccc4C)cc(-c4ccccc4)c(c31)O2. The molecule has 0 spiro atoms. The van der Waals surface area contributed by atoms with Gasteiger partial charge in [-0.2, -0.15) is 0 Å². The Morgan fingerprint density at radius 1 is 0.375 bits per heavy atom. The molecule has 0 N–H and O–H groups in total. The summed E-state index contributed by atoms with van der Waals surface area (Å²) in [5, 5.41) is 0. The maximum absolute atomic E-state index is 7.05. The highest BCUT2D eigenvalue weighted by atomic mass is 16.5. The highest BCUT2D eigenvalue weighted by Crippen LogP contribution is 2.47. The van der Waals surface area contributed by atoms with E-state index in [2.05, 4.69) is 166 Å². The van der Waals surface area contributed by atoms with E-state index in [1.165, 1.54) is 38.9 Å². The van der Waals surface area contributed by atoms with Crippen LogP contribution in [-0.4, -0.2) is 6.71 Å². The smallest absolute Gasteiger partial charge is 0.260 e. The van der Waals surface area contributed by atoms with Gasteiger partial charge in [0.25, 0.3) is 6.71 Å². The fourth-order valence-corrected chi connectivity index (χ4v) is 7.62. The van der Waals surface area contributed by atoms with Crippen molar-refractivity contribution < 1.29 is 9.47 Å².